The number of rotatable bonds is 5. The minimum absolute atomic E-state index is 0.0101. The number of ether oxygens (including phenoxy) is 1. The molecule has 110 valence electrons. The normalized spacial score (nSPS) is 10.2. The molecule has 2 aromatic carbocycles. The van der Waals surface area contributed by atoms with Crippen LogP contribution in [0.25, 0.3) is 0 Å². The van der Waals surface area contributed by atoms with Crippen LogP contribution in [0.15, 0.2) is 36.4 Å². The lowest BCUT2D eigenvalue weighted by Gasteiger charge is -2.10. The Bertz CT molecular complexity index is 674. The van der Waals surface area contributed by atoms with Crippen molar-refractivity contribution < 1.29 is 9.66 Å². The van der Waals surface area contributed by atoms with Gasteiger partial charge in [0, 0.05) is 24.4 Å². The second-order valence-corrected chi connectivity index (χ2v) is 4.98. The highest BCUT2D eigenvalue weighted by Crippen LogP contribution is 2.25. The fraction of sp³-hybridized carbons (Fsp3) is 0.200. The van der Waals surface area contributed by atoms with Gasteiger partial charge in [0.1, 0.15) is 5.75 Å². The molecule has 0 saturated heterocycles. The van der Waals surface area contributed by atoms with E-state index in [0.717, 1.165) is 22.6 Å². The summed E-state index contributed by atoms with van der Waals surface area (Å²) in [5, 5.41) is 14.3. The average Bonchev–Trinajstić information content (AvgIpc) is 2.46. The Morgan fingerprint density at radius 3 is 2.62 bits per heavy atom. The Hall–Kier alpha value is -2.27. The molecule has 21 heavy (non-hydrogen) atoms. The zero-order chi connectivity index (χ0) is 15.4. The molecule has 0 bridgehead atoms. The SMILES string of the molecule is COc1ccc(NCc2ccc([N+](=O)[O-])cc2Cl)cc1C. The maximum atomic E-state index is 10.7. The molecule has 0 heterocycles. The van der Waals surface area contributed by atoms with Gasteiger partial charge in [0.2, 0.25) is 0 Å². The summed E-state index contributed by atoms with van der Waals surface area (Å²) < 4.78 is 5.20. The molecule has 0 aliphatic carbocycles. The topological polar surface area (TPSA) is 64.4 Å². The van der Waals surface area contributed by atoms with Crippen LogP contribution in [0.3, 0.4) is 0 Å². The number of aryl methyl sites for hydroxylation is 1. The van der Waals surface area contributed by atoms with E-state index in [1.54, 1.807) is 13.2 Å². The summed E-state index contributed by atoms with van der Waals surface area (Å²) in [6.07, 6.45) is 0. The summed E-state index contributed by atoms with van der Waals surface area (Å²) in [4.78, 5) is 10.2. The van der Waals surface area contributed by atoms with Crippen molar-refractivity contribution in [2.24, 2.45) is 0 Å². The van der Waals surface area contributed by atoms with Gasteiger partial charge < -0.3 is 10.1 Å². The van der Waals surface area contributed by atoms with E-state index < -0.39 is 4.92 Å². The Labute approximate surface area is 127 Å². The number of hydrogen-bond acceptors (Lipinski definition) is 4. The molecule has 0 saturated carbocycles. The number of hydrogen-bond donors (Lipinski definition) is 1. The summed E-state index contributed by atoms with van der Waals surface area (Å²) in [6.45, 7) is 2.45. The van der Waals surface area contributed by atoms with Crippen molar-refractivity contribution in [3.63, 3.8) is 0 Å². The number of nitro benzene ring substituents is 1. The summed E-state index contributed by atoms with van der Waals surface area (Å²) in [6, 6.07) is 10.2. The third-order valence-electron chi connectivity index (χ3n) is 3.13. The maximum absolute atomic E-state index is 10.7. The van der Waals surface area contributed by atoms with Gasteiger partial charge in [-0.1, -0.05) is 11.6 Å². The lowest BCUT2D eigenvalue weighted by Crippen LogP contribution is -2.01. The number of nitrogens with one attached hydrogen (secondary N) is 1. The van der Waals surface area contributed by atoms with E-state index >= 15 is 0 Å². The van der Waals surface area contributed by atoms with Crippen molar-refractivity contribution in [1.82, 2.24) is 0 Å². The second-order valence-electron chi connectivity index (χ2n) is 4.57. The molecule has 0 aliphatic rings. The molecule has 5 nitrogen and oxygen atoms in total. The molecule has 1 N–H and O–H groups in total. The van der Waals surface area contributed by atoms with Crippen molar-refractivity contribution in [2.45, 2.75) is 13.5 Å². The first-order valence-corrected chi connectivity index (χ1v) is 6.70. The van der Waals surface area contributed by atoms with Crippen LogP contribution in [0.5, 0.6) is 5.75 Å². The highest BCUT2D eigenvalue weighted by Gasteiger charge is 2.09. The molecule has 0 atom stereocenters. The van der Waals surface area contributed by atoms with Gasteiger partial charge >= 0.3 is 0 Å². The van der Waals surface area contributed by atoms with Crippen LogP contribution >= 0.6 is 11.6 Å². The summed E-state index contributed by atoms with van der Waals surface area (Å²) in [7, 11) is 1.63. The highest BCUT2D eigenvalue weighted by molar-refractivity contribution is 6.31. The smallest absolute Gasteiger partial charge is 0.270 e. The first kappa shape index (κ1) is 15.1. The van der Waals surface area contributed by atoms with Crippen molar-refractivity contribution in [1.29, 1.82) is 0 Å². The minimum atomic E-state index is -0.462. The Morgan fingerprint density at radius 1 is 1.29 bits per heavy atom. The largest absolute Gasteiger partial charge is 0.496 e. The fourth-order valence-corrected chi connectivity index (χ4v) is 2.22. The Balaban J connectivity index is 2.09. The number of nitrogens with zero attached hydrogens (tertiary/aromatic N) is 1. The summed E-state index contributed by atoms with van der Waals surface area (Å²) in [5.41, 5.74) is 2.75. The zero-order valence-corrected chi connectivity index (χ0v) is 12.5. The summed E-state index contributed by atoms with van der Waals surface area (Å²) in [5.74, 6) is 0.828. The molecule has 0 radical (unpaired) electrons. The molecule has 2 aromatic rings. The second kappa shape index (κ2) is 6.45. The molecule has 0 aromatic heterocycles. The van der Waals surface area contributed by atoms with Gasteiger partial charge in [-0.05, 0) is 42.3 Å². The van der Waals surface area contributed by atoms with Crippen LogP contribution in [0.2, 0.25) is 5.02 Å². The van der Waals surface area contributed by atoms with Gasteiger partial charge in [-0.2, -0.15) is 0 Å². The van der Waals surface area contributed by atoms with Crippen LogP contribution in [-0.4, -0.2) is 12.0 Å². The predicted octanol–water partition coefficient (Wildman–Crippen LogP) is 4.18. The number of benzene rings is 2. The molecule has 0 unspecified atom stereocenters. The van der Waals surface area contributed by atoms with E-state index in [4.69, 9.17) is 16.3 Å². The van der Waals surface area contributed by atoms with Crippen LogP contribution < -0.4 is 10.1 Å². The van der Waals surface area contributed by atoms with Gasteiger partial charge in [-0.25, -0.2) is 0 Å². The predicted molar refractivity (Wildman–Crippen MR) is 83.2 cm³/mol. The van der Waals surface area contributed by atoms with Crippen LogP contribution in [0.1, 0.15) is 11.1 Å². The van der Waals surface area contributed by atoms with E-state index in [2.05, 4.69) is 5.32 Å². The van der Waals surface area contributed by atoms with Gasteiger partial charge in [0.05, 0.1) is 17.1 Å². The quantitative estimate of drug-likeness (QED) is 0.665. The van der Waals surface area contributed by atoms with E-state index in [-0.39, 0.29) is 5.69 Å². The third-order valence-corrected chi connectivity index (χ3v) is 3.48. The molecule has 2 rings (SSSR count). The maximum Gasteiger partial charge on any atom is 0.270 e. The number of anilines is 1. The van der Waals surface area contributed by atoms with Gasteiger partial charge in [-0.15, -0.1) is 0 Å². The number of methoxy groups -OCH3 is 1. The number of halogens is 1. The Kier molecular flexibility index (Phi) is 4.65. The van der Waals surface area contributed by atoms with E-state index in [0.29, 0.717) is 11.6 Å². The molecule has 0 fully saturated rings. The Morgan fingerprint density at radius 2 is 2.05 bits per heavy atom. The van der Waals surface area contributed by atoms with Crippen molar-refractivity contribution in [2.75, 3.05) is 12.4 Å². The van der Waals surface area contributed by atoms with Gasteiger partial charge in [-0.3, -0.25) is 10.1 Å². The van der Waals surface area contributed by atoms with Crippen molar-refractivity contribution in [3.05, 3.63) is 62.7 Å². The first-order chi connectivity index (χ1) is 10.0. The molecular formula is C15H15ClN2O3. The van der Waals surface area contributed by atoms with Gasteiger partial charge in [0.25, 0.3) is 5.69 Å². The monoisotopic (exact) mass is 306 g/mol. The molecular weight excluding hydrogens is 292 g/mol. The highest BCUT2D eigenvalue weighted by atomic mass is 35.5. The standard InChI is InChI=1S/C15H15ClN2O3/c1-10-7-12(4-6-15(10)21-2)17-9-11-3-5-13(18(19)20)8-14(11)16/h3-8,17H,9H2,1-2H3. The van der Waals surface area contributed by atoms with E-state index in [1.807, 2.05) is 25.1 Å². The number of non-ortho nitro benzene ring substituents is 1. The minimum Gasteiger partial charge on any atom is -0.496 e. The lowest BCUT2D eigenvalue weighted by atomic mass is 10.1. The lowest BCUT2D eigenvalue weighted by molar-refractivity contribution is -0.384. The van der Waals surface area contributed by atoms with Crippen LogP contribution in [-0.2, 0) is 6.54 Å². The fourth-order valence-electron chi connectivity index (χ4n) is 1.98. The number of nitro groups is 1. The molecule has 0 amide bonds. The first-order valence-electron chi connectivity index (χ1n) is 6.32. The van der Waals surface area contributed by atoms with Crippen molar-refractivity contribution >= 4 is 23.0 Å². The van der Waals surface area contributed by atoms with E-state index in [9.17, 15) is 10.1 Å². The van der Waals surface area contributed by atoms with E-state index in [1.165, 1.54) is 12.1 Å². The zero-order valence-electron chi connectivity index (χ0n) is 11.7. The van der Waals surface area contributed by atoms with Crippen LogP contribution in [0.4, 0.5) is 11.4 Å². The third kappa shape index (κ3) is 3.64. The molecule has 0 aliphatic heterocycles. The summed E-state index contributed by atoms with van der Waals surface area (Å²) >= 11 is 6.05. The molecule has 6 heteroatoms. The molecule has 0 spiro atoms. The van der Waals surface area contributed by atoms with Gasteiger partial charge in [0.15, 0.2) is 0 Å². The van der Waals surface area contributed by atoms with Crippen LogP contribution in [0, 0.1) is 17.0 Å². The van der Waals surface area contributed by atoms with Crippen molar-refractivity contribution in [3.8, 4) is 5.75 Å². The average molecular weight is 307 g/mol.